The van der Waals surface area contributed by atoms with Crippen LogP contribution in [0.4, 0.5) is 0 Å². The zero-order valence-corrected chi connectivity index (χ0v) is 16.2. The van der Waals surface area contributed by atoms with E-state index in [0.29, 0.717) is 30.2 Å². The Balaban J connectivity index is 1.76. The fourth-order valence-corrected chi connectivity index (χ4v) is 2.42. The lowest BCUT2D eigenvalue weighted by molar-refractivity contribution is -0.119. The SMILES string of the molecule is COc1ccc(CCNC(=O)CC(C)=NNC(=O)c2ccccn2)cc1OC. The van der Waals surface area contributed by atoms with Crippen molar-refractivity contribution in [2.75, 3.05) is 20.8 Å². The van der Waals surface area contributed by atoms with Crippen LogP contribution in [0.1, 0.15) is 29.4 Å². The van der Waals surface area contributed by atoms with Gasteiger partial charge in [0.15, 0.2) is 11.5 Å². The summed E-state index contributed by atoms with van der Waals surface area (Å²) >= 11 is 0. The Labute approximate surface area is 164 Å². The molecular weight excluding hydrogens is 360 g/mol. The van der Waals surface area contributed by atoms with Crippen molar-refractivity contribution in [1.29, 1.82) is 0 Å². The molecule has 28 heavy (non-hydrogen) atoms. The van der Waals surface area contributed by atoms with Gasteiger partial charge in [-0.15, -0.1) is 0 Å². The van der Waals surface area contributed by atoms with Gasteiger partial charge in [-0.1, -0.05) is 12.1 Å². The summed E-state index contributed by atoms with van der Waals surface area (Å²) in [7, 11) is 3.17. The van der Waals surface area contributed by atoms with E-state index >= 15 is 0 Å². The van der Waals surface area contributed by atoms with Crippen LogP contribution in [0.25, 0.3) is 0 Å². The van der Waals surface area contributed by atoms with Crippen LogP contribution in [-0.2, 0) is 11.2 Å². The van der Waals surface area contributed by atoms with Crippen molar-refractivity contribution in [3.05, 3.63) is 53.9 Å². The minimum Gasteiger partial charge on any atom is -0.493 e. The Morgan fingerprint density at radius 3 is 2.57 bits per heavy atom. The number of aromatic nitrogens is 1. The number of amides is 2. The van der Waals surface area contributed by atoms with E-state index in [4.69, 9.17) is 9.47 Å². The Kier molecular flexibility index (Phi) is 7.95. The van der Waals surface area contributed by atoms with E-state index in [1.54, 1.807) is 39.3 Å². The first-order chi connectivity index (χ1) is 13.5. The smallest absolute Gasteiger partial charge is 0.289 e. The standard InChI is InChI=1S/C20H24N4O4/c1-14(23-24-20(26)16-6-4-5-10-21-16)12-19(25)22-11-9-15-7-8-17(27-2)18(13-15)28-3/h4-8,10,13H,9,11-12H2,1-3H3,(H,22,25)(H,24,26). The summed E-state index contributed by atoms with van der Waals surface area (Å²) in [5, 5.41) is 6.76. The summed E-state index contributed by atoms with van der Waals surface area (Å²) in [6, 6.07) is 10.7. The van der Waals surface area contributed by atoms with E-state index in [1.807, 2.05) is 18.2 Å². The van der Waals surface area contributed by atoms with Crippen molar-refractivity contribution in [1.82, 2.24) is 15.7 Å². The molecule has 2 N–H and O–H groups in total. The number of carbonyl (C=O) groups is 2. The van der Waals surface area contributed by atoms with Crippen LogP contribution in [0.15, 0.2) is 47.7 Å². The largest absolute Gasteiger partial charge is 0.493 e. The van der Waals surface area contributed by atoms with Crippen molar-refractivity contribution in [3.8, 4) is 11.5 Å². The predicted octanol–water partition coefficient (Wildman–Crippen LogP) is 1.95. The molecule has 148 valence electrons. The van der Waals surface area contributed by atoms with Crippen LogP contribution in [0.5, 0.6) is 11.5 Å². The molecule has 2 rings (SSSR count). The zero-order chi connectivity index (χ0) is 20.4. The monoisotopic (exact) mass is 384 g/mol. The van der Waals surface area contributed by atoms with Crippen LogP contribution in [0, 0.1) is 0 Å². The number of ether oxygens (including phenoxy) is 2. The topological polar surface area (TPSA) is 102 Å². The van der Waals surface area contributed by atoms with Gasteiger partial charge in [0.2, 0.25) is 5.91 Å². The molecule has 1 aromatic carbocycles. The maximum atomic E-state index is 12.0. The number of methoxy groups -OCH3 is 2. The lowest BCUT2D eigenvalue weighted by Crippen LogP contribution is -2.28. The van der Waals surface area contributed by atoms with Crippen LogP contribution < -0.4 is 20.2 Å². The molecule has 0 aliphatic rings. The minimum atomic E-state index is -0.422. The van der Waals surface area contributed by atoms with Crippen molar-refractivity contribution in [2.45, 2.75) is 19.8 Å². The van der Waals surface area contributed by atoms with Gasteiger partial charge in [0.25, 0.3) is 5.91 Å². The molecule has 8 heteroatoms. The molecule has 0 bridgehead atoms. The molecule has 0 spiro atoms. The molecule has 1 heterocycles. The Morgan fingerprint density at radius 1 is 1.11 bits per heavy atom. The third kappa shape index (κ3) is 6.39. The molecule has 0 saturated heterocycles. The highest BCUT2D eigenvalue weighted by atomic mass is 16.5. The number of hydrogen-bond acceptors (Lipinski definition) is 6. The van der Waals surface area contributed by atoms with Gasteiger partial charge in [-0.2, -0.15) is 5.10 Å². The molecule has 0 saturated carbocycles. The second-order valence-electron chi connectivity index (χ2n) is 5.97. The van der Waals surface area contributed by atoms with Gasteiger partial charge in [-0.25, -0.2) is 5.43 Å². The lowest BCUT2D eigenvalue weighted by atomic mass is 10.1. The minimum absolute atomic E-state index is 0.0917. The summed E-state index contributed by atoms with van der Waals surface area (Å²) in [5.74, 6) is 0.718. The number of nitrogens with zero attached hydrogens (tertiary/aromatic N) is 2. The van der Waals surface area contributed by atoms with Crippen molar-refractivity contribution >= 4 is 17.5 Å². The van der Waals surface area contributed by atoms with E-state index in [2.05, 4.69) is 20.8 Å². The van der Waals surface area contributed by atoms with E-state index in [1.165, 1.54) is 6.20 Å². The van der Waals surface area contributed by atoms with Gasteiger partial charge in [0.1, 0.15) is 5.69 Å². The molecule has 0 unspecified atom stereocenters. The van der Waals surface area contributed by atoms with Gasteiger partial charge >= 0.3 is 0 Å². The van der Waals surface area contributed by atoms with E-state index < -0.39 is 5.91 Å². The summed E-state index contributed by atoms with van der Waals surface area (Å²) in [4.78, 5) is 27.8. The quantitative estimate of drug-likeness (QED) is 0.508. The fourth-order valence-electron chi connectivity index (χ4n) is 2.42. The van der Waals surface area contributed by atoms with Crippen LogP contribution in [0.3, 0.4) is 0 Å². The number of rotatable bonds is 9. The molecule has 1 aromatic heterocycles. The first-order valence-electron chi connectivity index (χ1n) is 8.75. The lowest BCUT2D eigenvalue weighted by Gasteiger charge is -2.10. The van der Waals surface area contributed by atoms with E-state index in [9.17, 15) is 9.59 Å². The third-order valence-electron chi connectivity index (χ3n) is 3.85. The number of benzene rings is 1. The van der Waals surface area contributed by atoms with Crippen molar-refractivity contribution < 1.29 is 19.1 Å². The summed E-state index contributed by atoms with van der Waals surface area (Å²) in [6.07, 6.45) is 2.27. The number of nitrogens with one attached hydrogen (secondary N) is 2. The molecule has 0 aliphatic heterocycles. The molecule has 8 nitrogen and oxygen atoms in total. The van der Waals surface area contributed by atoms with Gasteiger partial charge in [-0.3, -0.25) is 14.6 Å². The average molecular weight is 384 g/mol. The Morgan fingerprint density at radius 2 is 1.89 bits per heavy atom. The first kappa shape index (κ1) is 20.9. The highest BCUT2D eigenvalue weighted by Crippen LogP contribution is 2.27. The summed E-state index contributed by atoms with van der Waals surface area (Å²) in [6.45, 7) is 2.15. The predicted molar refractivity (Wildman–Crippen MR) is 106 cm³/mol. The average Bonchev–Trinajstić information content (AvgIpc) is 2.72. The number of pyridine rings is 1. The molecular formula is C20H24N4O4. The first-order valence-corrected chi connectivity index (χ1v) is 8.75. The van der Waals surface area contributed by atoms with Crippen molar-refractivity contribution in [2.24, 2.45) is 5.10 Å². The summed E-state index contributed by atoms with van der Waals surface area (Å²) < 4.78 is 10.5. The molecule has 0 atom stereocenters. The van der Waals surface area contributed by atoms with Crippen LogP contribution in [0.2, 0.25) is 0 Å². The molecule has 0 fully saturated rings. The van der Waals surface area contributed by atoms with Crippen molar-refractivity contribution in [3.63, 3.8) is 0 Å². The number of hydrogen-bond donors (Lipinski definition) is 2. The van der Waals surface area contributed by atoms with Crippen LogP contribution in [-0.4, -0.2) is 43.3 Å². The van der Waals surface area contributed by atoms with Gasteiger partial charge in [-0.05, 0) is 43.2 Å². The molecule has 2 aromatic rings. The summed E-state index contributed by atoms with van der Waals surface area (Å²) in [5.41, 5.74) is 4.17. The van der Waals surface area contributed by atoms with E-state index in [0.717, 1.165) is 5.56 Å². The maximum absolute atomic E-state index is 12.0. The van der Waals surface area contributed by atoms with Crippen LogP contribution >= 0.6 is 0 Å². The number of hydrazone groups is 1. The normalized spacial score (nSPS) is 10.9. The highest BCUT2D eigenvalue weighted by Gasteiger charge is 2.08. The fraction of sp³-hybridized carbons (Fsp3) is 0.300. The second kappa shape index (κ2) is 10.7. The highest BCUT2D eigenvalue weighted by molar-refractivity contribution is 6.00. The molecule has 2 amide bonds. The zero-order valence-electron chi connectivity index (χ0n) is 16.2. The molecule has 0 radical (unpaired) electrons. The Bertz CT molecular complexity index is 837. The second-order valence-corrected chi connectivity index (χ2v) is 5.97. The number of carbonyl (C=O) groups excluding carboxylic acids is 2. The molecule has 0 aliphatic carbocycles. The van der Waals surface area contributed by atoms with Gasteiger partial charge < -0.3 is 14.8 Å². The third-order valence-corrected chi connectivity index (χ3v) is 3.85. The Hall–Kier alpha value is -3.42. The van der Waals surface area contributed by atoms with E-state index in [-0.39, 0.29) is 18.0 Å². The van der Waals surface area contributed by atoms with Gasteiger partial charge in [0, 0.05) is 18.5 Å². The maximum Gasteiger partial charge on any atom is 0.289 e. The van der Waals surface area contributed by atoms with Gasteiger partial charge in [0.05, 0.1) is 20.6 Å².